The van der Waals surface area contributed by atoms with Crippen LogP contribution in [0.25, 0.3) is 12.2 Å². The molecule has 50 heavy (non-hydrogen) atoms. The lowest BCUT2D eigenvalue weighted by atomic mass is 9.99. The zero-order valence-corrected chi connectivity index (χ0v) is 26.3. The van der Waals surface area contributed by atoms with Crippen LogP contribution >= 0.6 is 0 Å². The highest BCUT2D eigenvalue weighted by Gasteiger charge is 2.47. The molecule has 2 aromatic carbocycles. The minimum atomic E-state index is -1.73. The van der Waals surface area contributed by atoms with Gasteiger partial charge in [-0.25, -0.2) is 0 Å². The third-order valence-electron chi connectivity index (χ3n) is 8.55. The molecule has 12 N–H and O–H groups in total. The van der Waals surface area contributed by atoms with Crippen LogP contribution in [0.15, 0.2) is 42.5 Å². The molecule has 0 aliphatic carbocycles. The van der Waals surface area contributed by atoms with E-state index in [0.29, 0.717) is 11.1 Å². The Kier molecular flexibility index (Phi) is 12.6. The molecule has 15 atom stereocenters. The van der Waals surface area contributed by atoms with Crippen molar-refractivity contribution in [3.63, 3.8) is 0 Å². The zero-order valence-electron chi connectivity index (χ0n) is 26.3. The second-order valence-electron chi connectivity index (χ2n) is 12.1. The molecule has 0 radical (unpaired) electrons. The summed E-state index contributed by atoms with van der Waals surface area (Å²) in [6.45, 7) is -1.99. The van der Waals surface area contributed by atoms with Crippen LogP contribution in [0.5, 0.6) is 17.2 Å². The van der Waals surface area contributed by atoms with E-state index >= 15 is 0 Å². The van der Waals surface area contributed by atoms with Gasteiger partial charge in [-0.15, -0.1) is 0 Å². The van der Waals surface area contributed by atoms with E-state index < -0.39 is 112 Å². The predicted octanol–water partition coefficient (Wildman–Crippen LogP) is -4.61. The lowest BCUT2D eigenvalue weighted by molar-refractivity contribution is -0.278. The summed E-state index contributed by atoms with van der Waals surface area (Å²) < 4.78 is 33.4. The smallest absolute Gasteiger partial charge is 0.229 e. The number of hydrogen-bond acceptors (Lipinski definition) is 18. The van der Waals surface area contributed by atoms with Crippen LogP contribution in [-0.2, 0) is 14.2 Å². The van der Waals surface area contributed by atoms with E-state index in [0.717, 1.165) is 0 Å². The highest BCUT2D eigenvalue weighted by atomic mass is 16.7. The molecule has 0 spiro atoms. The first-order valence-corrected chi connectivity index (χ1v) is 15.7. The predicted molar refractivity (Wildman–Crippen MR) is 165 cm³/mol. The summed E-state index contributed by atoms with van der Waals surface area (Å²) in [6.07, 6.45) is -19.7. The molecule has 18 nitrogen and oxygen atoms in total. The first-order chi connectivity index (χ1) is 23.8. The van der Waals surface area contributed by atoms with Gasteiger partial charge in [0.15, 0.2) is 0 Å². The van der Waals surface area contributed by atoms with Gasteiger partial charge in [0.25, 0.3) is 0 Å². The number of rotatable bonds is 11. The van der Waals surface area contributed by atoms with Crippen LogP contribution in [0.3, 0.4) is 0 Å². The van der Waals surface area contributed by atoms with E-state index in [1.807, 2.05) is 0 Å². The third-order valence-corrected chi connectivity index (χ3v) is 8.55. The Morgan fingerprint density at radius 1 is 0.420 bits per heavy atom. The molecule has 5 rings (SSSR count). The van der Waals surface area contributed by atoms with E-state index in [-0.39, 0.29) is 17.2 Å². The highest BCUT2D eigenvalue weighted by molar-refractivity contribution is 5.71. The first-order valence-electron chi connectivity index (χ1n) is 15.7. The van der Waals surface area contributed by atoms with Crippen LogP contribution in [0, 0.1) is 0 Å². The molecular formula is C32H42O18. The van der Waals surface area contributed by atoms with Gasteiger partial charge in [0, 0.05) is 6.07 Å². The van der Waals surface area contributed by atoms with Gasteiger partial charge in [-0.1, -0.05) is 24.3 Å². The van der Waals surface area contributed by atoms with Gasteiger partial charge in [-0.2, -0.15) is 0 Å². The molecule has 3 fully saturated rings. The maximum atomic E-state index is 10.5. The average Bonchev–Trinajstić information content (AvgIpc) is 3.11. The zero-order chi connectivity index (χ0) is 36.3. The van der Waals surface area contributed by atoms with Crippen LogP contribution < -0.4 is 14.2 Å². The Labute approximate surface area is 284 Å². The average molecular weight is 715 g/mol. The van der Waals surface area contributed by atoms with Gasteiger partial charge in [-0.05, 0) is 35.4 Å². The number of benzene rings is 2. The molecule has 278 valence electrons. The van der Waals surface area contributed by atoms with Crippen molar-refractivity contribution in [2.75, 3.05) is 19.8 Å². The summed E-state index contributed by atoms with van der Waals surface area (Å²) >= 11 is 0. The quantitative estimate of drug-likeness (QED) is 0.0975. The van der Waals surface area contributed by atoms with Crippen LogP contribution in [0.4, 0.5) is 0 Å². The minimum absolute atomic E-state index is 0.0145. The summed E-state index contributed by atoms with van der Waals surface area (Å²) in [6, 6.07) is 10.6. The van der Waals surface area contributed by atoms with Crippen molar-refractivity contribution in [1.29, 1.82) is 0 Å². The van der Waals surface area contributed by atoms with E-state index in [1.54, 1.807) is 24.3 Å². The molecule has 0 saturated carbocycles. The molecule has 0 aromatic heterocycles. The molecule has 18 heteroatoms. The van der Waals surface area contributed by atoms with Crippen molar-refractivity contribution in [3.05, 3.63) is 53.6 Å². The monoisotopic (exact) mass is 714 g/mol. The number of aliphatic hydroxyl groups is 12. The molecule has 3 heterocycles. The SMILES string of the molecule is OC[C@H]1O[C@@H](Oc2ccc(/C=C\c3cc(O[C@@H]4O[C@H](CO)[C@@H](O)[C@H](O)[C@H]4O)cc(O[C@@H]4O[C@H](CO)[C@@H](O)[C@H](O)[C@H]4O)c3)cc2)[C@H](O)[C@@H](O)[C@@H]1O. The maximum absolute atomic E-state index is 10.5. The number of aliphatic hydroxyl groups excluding tert-OH is 12. The Hall–Kier alpha value is -3.02. The fraction of sp³-hybridized carbons (Fsp3) is 0.562. The van der Waals surface area contributed by atoms with Gasteiger partial charge < -0.3 is 89.7 Å². The van der Waals surface area contributed by atoms with Crippen LogP contribution in [0.1, 0.15) is 11.1 Å². The van der Waals surface area contributed by atoms with Crippen LogP contribution in [-0.4, -0.2) is 173 Å². The van der Waals surface area contributed by atoms with Crippen molar-refractivity contribution < 1.29 is 89.7 Å². The van der Waals surface area contributed by atoms with Crippen molar-refractivity contribution >= 4 is 12.2 Å². The Bertz CT molecular complexity index is 1350. The Morgan fingerprint density at radius 3 is 1.12 bits per heavy atom. The number of ether oxygens (including phenoxy) is 6. The normalized spacial score (nSPS) is 39.3. The standard InChI is InChI=1S/C32H42O18/c33-10-18-21(36)24(39)27(42)30(48-18)45-15-5-3-13(4-6-15)1-2-14-7-16(46-31-28(43)25(40)22(37)19(11-34)49-31)9-17(8-14)47-32-29(44)26(41)23(38)20(12-35)50-32/h1-9,18-44H,10-12H2/b2-1-/t18-,19-,20-,21-,22-,23-,24+,25+,26+,27-,28-,29-,30-,31-,32-/m1/s1. The van der Waals surface area contributed by atoms with E-state index in [9.17, 15) is 61.3 Å². The van der Waals surface area contributed by atoms with Gasteiger partial charge in [0.05, 0.1) is 19.8 Å². The van der Waals surface area contributed by atoms with Crippen molar-refractivity contribution in [3.8, 4) is 17.2 Å². The van der Waals surface area contributed by atoms with E-state index in [2.05, 4.69) is 0 Å². The lowest BCUT2D eigenvalue weighted by Gasteiger charge is -2.40. The summed E-state index contributed by atoms with van der Waals surface area (Å²) in [5.41, 5.74) is 1.02. The summed E-state index contributed by atoms with van der Waals surface area (Å²) in [4.78, 5) is 0. The fourth-order valence-electron chi connectivity index (χ4n) is 5.57. The lowest BCUT2D eigenvalue weighted by Crippen LogP contribution is -2.60. The molecule has 3 aliphatic rings. The minimum Gasteiger partial charge on any atom is -0.462 e. The molecule has 2 aromatic rings. The molecule has 0 amide bonds. The van der Waals surface area contributed by atoms with Gasteiger partial charge in [0.2, 0.25) is 18.9 Å². The molecule has 0 bridgehead atoms. The Balaban J connectivity index is 1.36. The van der Waals surface area contributed by atoms with Crippen molar-refractivity contribution in [2.24, 2.45) is 0 Å². The largest absolute Gasteiger partial charge is 0.462 e. The summed E-state index contributed by atoms with van der Waals surface area (Å²) in [7, 11) is 0. The van der Waals surface area contributed by atoms with Crippen molar-refractivity contribution in [1.82, 2.24) is 0 Å². The van der Waals surface area contributed by atoms with Gasteiger partial charge in [-0.3, -0.25) is 0 Å². The van der Waals surface area contributed by atoms with Gasteiger partial charge in [0.1, 0.15) is 90.5 Å². The van der Waals surface area contributed by atoms with E-state index in [4.69, 9.17) is 28.4 Å². The second-order valence-corrected chi connectivity index (χ2v) is 12.1. The topological polar surface area (TPSA) is 298 Å². The molecule has 3 aliphatic heterocycles. The summed E-state index contributed by atoms with van der Waals surface area (Å²) in [5.74, 6) is 0.204. The fourth-order valence-corrected chi connectivity index (χ4v) is 5.57. The molecule has 0 unspecified atom stereocenters. The first kappa shape index (κ1) is 38.2. The van der Waals surface area contributed by atoms with E-state index in [1.165, 1.54) is 30.3 Å². The number of hydrogen-bond donors (Lipinski definition) is 12. The van der Waals surface area contributed by atoms with Crippen LogP contribution in [0.2, 0.25) is 0 Å². The molecular weight excluding hydrogens is 672 g/mol. The van der Waals surface area contributed by atoms with Gasteiger partial charge >= 0.3 is 0 Å². The molecule has 3 saturated heterocycles. The highest BCUT2D eigenvalue weighted by Crippen LogP contribution is 2.32. The Morgan fingerprint density at radius 2 is 0.760 bits per heavy atom. The van der Waals surface area contributed by atoms with Crippen molar-refractivity contribution in [2.45, 2.75) is 92.1 Å². The maximum Gasteiger partial charge on any atom is 0.229 e. The third kappa shape index (κ3) is 8.37. The summed E-state index contributed by atoms with van der Waals surface area (Å²) in [5, 5.41) is 120. The second kappa shape index (κ2) is 16.5.